The number of halogens is 1. The van der Waals surface area contributed by atoms with Gasteiger partial charge in [0.2, 0.25) is 5.91 Å². The van der Waals surface area contributed by atoms with E-state index < -0.39 is 5.97 Å². The van der Waals surface area contributed by atoms with Gasteiger partial charge in [0.05, 0.1) is 25.4 Å². The molecule has 0 aliphatic rings. The van der Waals surface area contributed by atoms with Gasteiger partial charge in [0.25, 0.3) is 0 Å². The number of nitrogens with zero attached hydrogens (tertiary/aromatic N) is 1. The Kier molecular flexibility index (Phi) is 7.53. The van der Waals surface area contributed by atoms with Crippen LogP contribution in [0.5, 0.6) is 0 Å². The number of aryl methyl sites for hydroxylation is 1. The van der Waals surface area contributed by atoms with Crippen LogP contribution in [0.25, 0.3) is 0 Å². The Morgan fingerprint density at radius 1 is 1.18 bits per heavy atom. The number of aromatic nitrogens is 1. The second-order valence-electron chi connectivity index (χ2n) is 6.47. The Morgan fingerprint density at radius 3 is 2.50 bits per heavy atom. The SMILES string of the molecule is CCOC(=O)c1[nH]c(C)c(C(=O)CN(C)CC(=O)Nc2ccccc2Br)c1C. The predicted molar refractivity (Wildman–Crippen MR) is 111 cm³/mol. The van der Waals surface area contributed by atoms with E-state index in [-0.39, 0.29) is 37.1 Å². The van der Waals surface area contributed by atoms with Gasteiger partial charge in [0, 0.05) is 15.7 Å². The van der Waals surface area contributed by atoms with Crippen molar-refractivity contribution < 1.29 is 19.1 Å². The van der Waals surface area contributed by atoms with Crippen molar-refractivity contribution in [3.63, 3.8) is 0 Å². The van der Waals surface area contributed by atoms with Gasteiger partial charge in [-0.25, -0.2) is 4.79 Å². The normalized spacial score (nSPS) is 10.8. The second kappa shape index (κ2) is 9.66. The number of carbonyl (C=O) groups is 3. The molecule has 150 valence electrons. The van der Waals surface area contributed by atoms with Crippen LogP contribution in [-0.2, 0) is 9.53 Å². The highest BCUT2D eigenvalue weighted by atomic mass is 79.9. The molecule has 1 aromatic carbocycles. The molecule has 0 bridgehead atoms. The van der Waals surface area contributed by atoms with Crippen molar-refractivity contribution in [1.82, 2.24) is 9.88 Å². The number of aromatic amines is 1. The number of Topliss-reactive ketones (excluding diaryl/α,β-unsaturated/α-hetero) is 1. The van der Waals surface area contributed by atoms with Gasteiger partial charge in [-0.3, -0.25) is 14.5 Å². The first-order valence-electron chi connectivity index (χ1n) is 8.87. The Bertz CT molecular complexity index is 892. The Balaban J connectivity index is 2.01. The molecule has 2 rings (SSSR count). The maximum absolute atomic E-state index is 12.7. The smallest absolute Gasteiger partial charge is 0.355 e. The number of ketones is 1. The van der Waals surface area contributed by atoms with Gasteiger partial charge in [-0.05, 0) is 61.4 Å². The van der Waals surface area contributed by atoms with Crippen LogP contribution >= 0.6 is 15.9 Å². The topological polar surface area (TPSA) is 91.5 Å². The maximum atomic E-state index is 12.7. The Hall–Kier alpha value is -2.45. The molecule has 8 heteroatoms. The maximum Gasteiger partial charge on any atom is 0.355 e. The third kappa shape index (κ3) is 5.30. The molecule has 0 aliphatic heterocycles. The molecule has 2 aromatic rings. The molecule has 1 aromatic heterocycles. The quantitative estimate of drug-likeness (QED) is 0.476. The summed E-state index contributed by atoms with van der Waals surface area (Å²) >= 11 is 3.38. The van der Waals surface area contributed by atoms with Crippen LogP contribution in [0.1, 0.15) is 39.0 Å². The lowest BCUT2D eigenvalue weighted by Crippen LogP contribution is -2.34. The van der Waals surface area contributed by atoms with Gasteiger partial charge in [-0.1, -0.05) is 12.1 Å². The number of esters is 1. The number of likely N-dealkylation sites (N-methyl/N-ethyl adjacent to an activating group) is 1. The predicted octanol–water partition coefficient (Wildman–Crippen LogP) is 3.32. The highest BCUT2D eigenvalue weighted by Gasteiger charge is 2.23. The Morgan fingerprint density at radius 2 is 1.86 bits per heavy atom. The summed E-state index contributed by atoms with van der Waals surface area (Å²) in [6.45, 7) is 5.54. The number of rotatable bonds is 8. The average molecular weight is 450 g/mol. The van der Waals surface area contributed by atoms with Gasteiger partial charge >= 0.3 is 5.97 Å². The third-order valence-electron chi connectivity index (χ3n) is 4.17. The van der Waals surface area contributed by atoms with Gasteiger partial charge < -0.3 is 15.0 Å². The molecule has 0 spiro atoms. The fourth-order valence-electron chi connectivity index (χ4n) is 2.95. The molecule has 0 saturated heterocycles. The number of H-pyrrole nitrogens is 1. The van der Waals surface area contributed by atoms with Gasteiger partial charge in [0.15, 0.2) is 5.78 Å². The molecule has 0 radical (unpaired) electrons. The largest absolute Gasteiger partial charge is 0.461 e. The summed E-state index contributed by atoms with van der Waals surface area (Å²) in [5.41, 5.74) is 2.59. The fraction of sp³-hybridized carbons (Fsp3) is 0.350. The molecule has 7 nitrogen and oxygen atoms in total. The zero-order valence-corrected chi connectivity index (χ0v) is 18.0. The van der Waals surface area contributed by atoms with Crippen LogP contribution < -0.4 is 5.32 Å². The number of carbonyl (C=O) groups excluding carboxylic acids is 3. The van der Waals surface area contributed by atoms with Gasteiger partial charge in [-0.2, -0.15) is 0 Å². The van der Waals surface area contributed by atoms with E-state index in [2.05, 4.69) is 26.2 Å². The van der Waals surface area contributed by atoms with Crippen LogP contribution in [-0.4, -0.2) is 54.3 Å². The molecular formula is C20H24BrN3O4. The summed E-state index contributed by atoms with van der Waals surface area (Å²) in [6.07, 6.45) is 0. The van der Waals surface area contributed by atoms with E-state index in [1.54, 1.807) is 38.8 Å². The molecule has 0 saturated carbocycles. The number of benzene rings is 1. The number of hydrogen-bond acceptors (Lipinski definition) is 5. The second-order valence-corrected chi connectivity index (χ2v) is 7.32. The van der Waals surface area contributed by atoms with Crippen molar-refractivity contribution in [3.8, 4) is 0 Å². The van der Waals surface area contributed by atoms with Crippen LogP contribution in [0.4, 0.5) is 5.69 Å². The fourth-order valence-corrected chi connectivity index (χ4v) is 3.34. The van der Waals surface area contributed by atoms with Crippen LogP contribution in [0, 0.1) is 13.8 Å². The molecule has 28 heavy (non-hydrogen) atoms. The first-order chi connectivity index (χ1) is 13.2. The summed E-state index contributed by atoms with van der Waals surface area (Å²) in [7, 11) is 1.70. The lowest BCUT2D eigenvalue weighted by molar-refractivity contribution is -0.116. The van der Waals surface area contributed by atoms with Crippen LogP contribution in [0.3, 0.4) is 0 Å². The molecule has 0 fully saturated rings. The molecular weight excluding hydrogens is 426 g/mol. The summed E-state index contributed by atoms with van der Waals surface area (Å²) < 4.78 is 5.79. The highest BCUT2D eigenvalue weighted by molar-refractivity contribution is 9.10. The number of hydrogen-bond donors (Lipinski definition) is 2. The van der Waals surface area contributed by atoms with Crippen molar-refractivity contribution in [1.29, 1.82) is 0 Å². The lowest BCUT2D eigenvalue weighted by Gasteiger charge is -2.16. The number of ether oxygens (including phenoxy) is 1. The van der Waals surface area contributed by atoms with Crippen molar-refractivity contribution in [3.05, 3.63) is 51.3 Å². The molecule has 0 atom stereocenters. The minimum absolute atomic E-state index is 0.0468. The number of amides is 1. The van der Waals surface area contributed by atoms with Crippen molar-refractivity contribution >= 4 is 39.3 Å². The van der Waals surface area contributed by atoms with E-state index in [4.69, 9.17) is 4.74 Å². The molecule has 0 aliphatic carbocycles. The van der Waals surface area contributed by atoms with Gasteiger partial charge in [-0.15, -0.1) is 0 Å². The number of nitrogens with one attached hydrogen (secondary N) is 2. The third-order valence-corrected chi connectivity index (χ3v) is 4.86. The van der Waals surface area contributed by atoms with Crippen molar-refractivity contribution in [2.45, 2.75) is 20.8 Å². The summed E-state index contributed by atoms with van der Waals surface area (Å²) in [5, 5.41) is 2.80. The van der Waals surface area contributed by atoms with E-state index in [0.29, 0.717) is 22.5 Å². The van der Waals surface area contributed by atoms with E-state index >= 15 is 0 Å². The minimum Gasteiger partial charge on any atom is -0.461 e. The summed E-state index contributed by atoms with van der Waals surface area (Å²) in [5.74, 6) is -0.877. The van der Waals surface area contributed by atoms with Crippen molar-refractivity contribution in [2.24, 2.45) is 0 Å². The molecule has 1 amide bonds. The Labute approximate surface area is 172 Å². The van der Waals surface area contributed by atoms with Crippen LogP contribution in [0.15, 0.2) is 28.7 Å². The summed E-state index contributed by atoms with van der Waals surface area (Å²) in [4.78, 5) is 41.5. The minimum atomic E-state index is -0.483. The lowest BCUT2D eigenvalue weighted by atomic mass is 10.1. The zero-order valence-electron chi connectivity index (χ0n) is 16.4. The first-order valence-corrected chi connectivity index (χ1v) is 9.66. The van der Waals surface area contributed by atoms with Gasteiger partial charge in [0.1, 0.15) is 5.69 Å². The average Bonchev–Trinajstić information content (AvgIpc) is 2.91. The van der Waals surface area contributed by atoms with Crippen LogP contribution in [0.2, 0.25) is 0 Å². The monoisotopic (exact) mass is 449 g/mol. The zero-order chi connectivity index (χ0) is 20.8. The standard InChI is InChI=1S/C20H24BrN3O4/c1-5-28-20(27)19-12(2)18(13(3)22-19)16(25)10-24(4)11-17(26)23-15-9-7-6-8-14(15)21/h6-9,22H,5,10-11H2,1-4H3,(H,23,26). The summed E-state index contributed by atoms with van der Waals surface area (Å²) in [6, 6.07) is 7.31. The first kappa shape index (κ1) is 21.8. The van der Waals surface area contributed by atoms with E-state index in [9.17, 15) is 14.4 Å². The number of anilines is 1. The molecule has 2 N–H and O–H groups in total. The molecule has 0 unspecified atom stereocenters. The van der Waals surface area contributed by atoms with E-state index in [0.717, 1.165) is 4.47 Å². The van der Waals surface area contributed by atoms with E-state index in [1.165, 1.54) is 0 Å². The van der Waals surface area contributed by atoms with E-state index in [1.807, 2.05) is 18.2 Å². The highest BCUT2D eigenvalue weighted by Crippen LogP contribution is 2.21. The van der Waals surface area contributed by atoms with Crippen molar-refractivity contribution in [2.75, 3.05) is 32.1 Å². The number of para-hydroxylation sites is 1. The molecule has 1 heterocycles.